The average molecular weight is 244 g/mol. The highest BCUT2D eigenvalue weighted by Crippen LogP contribution is 2.25. The van der Waals surface area contributed by atoms with Crippen LogP contribution in [0.4, 0.5) is 20.2 Å². The summed E-state index contributed by atoms with van der Waals surface area (Å²) in [5.74, 6) is -1.88. The predicted octanol–water partition coefficient (Wildman–Crippen LogP) is 2.77. The second-order valence-electron chi connectivity index (χ2n) is 4.37. The summed E-state index contributed by atoms with van der Waals surface area (Å²) < 4.78 is 31.9. The van der Waals surface area contributed by atoms with Crippen molar-refractivity contribution in [1.82, 2.24) is 0 Å². The molecule has 0 heterocycles. The molecule has 0 aliphatic rings. The van der Waals surface area contributed by atoms with Gasteiger partial charge < -0.3 is 15.8 Å². The Labute approximate surface area is 100.0 Å². The first-order chi connectivity index (χ1) is 7.87. The van der Waals surface area contributed by atoms with Gasteiger partial charge in [0.15, 0.2) is 11.6 Å². The Balaban J connectivity index is 2.79. The molecular formula is C12H18F2N2O. The number of nitrogens with one attached hydrogen (secondary N) is 1. The topological polar surface area (TPSA) is 47.3 Å². The predicted molar refractivity (Wildman–Crippen MR) is 65.0 cm³/mol. The zero-order valence-electron chi connectivity index (χ0n) is 10.3. The molecule has 17 heavy (non-hydrogen) atoms. The van der Waals surface area contributed by atoms with Crippen molar-refractivity contribution in [3.63, 3.8) is 0 Å². The molecule has 1 rings (SSSR count). The van der Waals surface area contributed by atoms with Crippen molar-refractivity contribution in [2.75, 3.05) is 24.2 Å². The fourth-order valence-electron chi connectivity index (χ4n) is 1.49. The fraction of sp³-hybridized carbons (Fsp3) is 0.500. The van der Waals surface area contributed by atoms with E-state index >= 15 is 0 Å². The van der Waals surface area contributed by atoms with Crippen molar-refractivity contribution < 1.29 is 13.5 Å². The molecule has 0 amide bonds. The van der Waals surface area contributed by atoms with E-state index < -0.39 is 17.2 Å². The van der Waals surface area contributed by atoms with Crippen LogP contribution < -0.4 is 11.1 Å². The molecule has 1 aromatic carbocycles. The van der Waals surface area contributed by atoms with Gasteiger partial charge >= 0.3 is 0 Å². The van der Waals surface area contributed by atoms with Gasteiger partial charge in [0.1, 0.15) is 0 Å². The van der Waals surface area contributed by atoms with Crippen LogP contribution in [-0.2, 0) is 4.74 Å². The molecule has 0 unspecified atom stereocenters. The van der Waals surface area contributed by atoms with Crippen molar-refractivity contribution in [1.29, 1.82) is 0 Å². The van der Waals surface area contributed by atoms with E-state index in [0.29, 0.717) is 13.2 Å². The van der Waals surface area contributed by atoms with Crippen molar-refractivity contribution in [3.8, 4) is 0 Å². The number of nitrogen functional groups attached to an aromatic ring is 1. The summed E-state index contributed by atoms with van der Waals surface area (Å²) in [6.45, 7) is 6.48. The van der Waals surface area contributed by atoms with Crippen molar-refractivity contribution in [3.05, 3.63) is 23.8 Å². The van der Waals surface area contributed by atoms with Crippen LogP contribution >= 0.6 is 0 Å². The number of benzene rings is 1. The number of nitrogens with two attached hydrogens (primary N) is 1. The van der Waals surface area contributed by atoms with Gasteiger partial charge in [-0.2, -0.15) is 0 Å². The number of anilines is 2. The number of hydrogen-bond acceptors (Lipinski definition) is 3. The third-order valence-electron chi connectivity index (χ3n) is 2.35. The Morgan fingerprint density at radius 1 is 1.35 bits per heavy atom. The molecule has 0 fully saturated rings. The molecule has 0 atom stereocenters. The molecule has 3 nitrogen and oxygen atoms in total. The summed E-state index contributed by atoms with van der Waals surface area (Å²) in [5, 5.41) is 2.78. The maximum Gasteiger partial charge on any atom is 0.183 e. The maximum absolute atomic E-state index is 13.5. The summed E-state index contributed by atoms with van der Waals surface area (Å²) >= 11 is 0. The van der Waals surface area contributed by atoms with Crippen LogP contribution in [0.3, 0.4) is 0 Å². The van der Waals surface area contributed by atoms with E-state index in [1.54, 1.807) is 0 Å². The Bertz CT molecular complexity index is 394. The lowest BCUT2D eigenvalue weighted by Gasteiger charge is -2.26. The Kier molecular flexibility index (Phi) is 4.28. The minimum atomic E-state index is -0.961. The van der Waals surface area contributed by atoms with Gasteiger partial charge in [-0.1, -0.05) is 0 Å². The number of hydrogen-bond donors (Lipinski definition) is 2. The minimum Gasteiger partial charge on any atom is -0.397 e. The Morgan fingerprint density at radius 2 is 2.00 bits per heavy atom. The van der Waals surface area contributed by atoms with Crippen LogP contribution in [0.5, 0.6) is 0 Å². The highest BCUT2D eigenvalue weighted by molar-refractivity contribution is 5.66. The molecule has 96 valence electrons. The second kappa shape index (κ2) is 5.31. The van der Waals surface area contributed by atoms with E-state index in [4.69, 9.17) is 10.5 Å². The van der Waals surface area contributed by atoms with Gasteiger partial charge in [-0.05, 0) is 32.9 Å². The average Bonchev–Trinajstić information content (AvgIpc) is 2.23. The highest BCUT2D eigenvalue weighted by Gasteiger charge is 2.19. The molecule has 1 aromatic rings. The first-order valence-electron chi connectivity index (χ1n) is 5.48. The maximum atomic E-state index is 13.5. The zero-order valence-corrected chi connectivity index (χ0v) is 10.3. The summed E-state index contributed by atoms with van der Waals surface area (Å²) in [5.41, 5.74) is 5.27. The molecule has 0 spiro atoms. The fourth-order valence-corrected chi connectivity index (χ4v) is 1.49. The van der Waals surface area contributed by atoms with Crippen LogP contribution in [0.15, 0.2) is 12.1 Å². The van der Waals surface area contributed by atoms with Crippen LogP contribution in [-0.4, -0.2) is 18.8 Å². The van der Waals surface area contributed by atoms with Crippen molar-refractivity contribution in [2.45, 2.75) is 26.4 Å². The quantitative estimate of drug-likeness (QED) is 0.783. The molecule has 0 saturated carbocycles. The van der Waals surface area contributed by atoms with Crippen molar-refractivity contribution in [2.24, 2.45) is 0 Å². The van der Waals surface area contributed by atoms with E-state index in [1.807, 2.05) is 20.8 Å². The summed E-state index contributed by atoms with van der Waals surface area (Å²) in [6, 6.07) is 2.33. The van der Waals surface area contributed by atoms with Gasteiger partial charge in [-0.15, -0.1) is 0 Å². The van der Waals surface area contributed by atoms with Gasteiger partial charge in [0.2, 0.25) is 0 Å². The highest BCUT2D eigenvalue weighted by atomic mass is 19.2. The number of halogens is 2. The Morgan fingerprint density at radius 3 is 2.59 bits per heavy atom. The molecule has 0 aromatic heterocycles. The smallest absolute Gasteiger partial charge is 0.183 e. The van der Waals surface area contributed by atoms with Gasteiger partial charge in [0, 0.05) is 13.2 Å². The van der Waals surface area contributed by atoms with Gasteiger partial charge in [0.05, 0.1) is 17.0 Å². The van der Waals surface area contributed by atoms with Crippen LogP contribution in [0.1, 0.15) is 20.8 Å². The largest absolute Gasteiger partial charge is 0.397 e. The van der Waals surface area contributed by atoms with E-state index in [1.165, 1.54) is 6.07 Å². The molecular weight excluding hydrogens is 226 g/mol. The SMILES string of the molecule is CCOC(C)(C)CNc1c(N)ccc(F)c1F. The molecule has 0 radical (unpaired) electrons. The zero-order chi connectivity index (χ0) is 13.1. The lowest BCUT2D eigenvalue weighted by atomic mass is 10.1. The molecule has 0 saturated heterocycles. The van der Waals surface area contributed by atoms with E-state index in [2.05, 4.69) is 5.32 Å². The van der Waals surface area contributed by atoms with Gasteiger partial charge in [-0.3, -0.25) is 0 Å². The van der Waals surface area contributed by atoms with Gasteiger partial charge in [0.25, 0.3) is 0 Å². The first kappa shape index (κ1) is 13.7. The van der Waals surface area contributed by atoms with Crippen molar-refractivity contribution >= 4 is 11.4 Å². The molecule has 0 aliphatic heterocycles. The summed E-state index contributed by atoms with van der Waals surface area (Å²) in [7, 11) is 0. The van der Waals surface area contributed by atoms with Crippen LogP contribution in [0, 0.1) is 11.6 Å². The standard InChI is InChI=1S/C12H18F2N2O/c1-4-17-12(2,3)7-16-11-9(15)6-5-8(13)10(11)14/h5-6,16H,4,7,15H2,1-3H3. The third kappa shape index (κ3) is 3.56. The van der Waals surface area contributed by atoms with E-state index in [-0.39, 0.29) is 11.4 Å². The lowest BCUT2D eigenvalue weighted by Crippen LogP contribution is -2.33. The summed E-state index contributed by atoms with van der Waals surface area (Å²) in [6.07, 6.45) is 0. The van der Waals surface area contributed by atoms with Gasteiger partial charge in [-0.25, -0.2) is 8.78 Å². The van der Waals surface area contributed by atoms with Crippen LogP contribution in [0.2, 0.25) is 0 Å². The summed E-state index contributed by atoms with van der Waals surface area (Å²) in [4.78, 5) is 0. The molecule has 3 N–H and O–H groups in total. The lowest BCUT2D eigenvalue weighted by molar-refractivity contribution is 0.000665. The monoisotopic (exact) mass is 244 g/mol. The number of ether oxygens (including phenoxy) is 1. The second-order valence-corrected chi connectivity index (χ2v) is 4.37. The van der Waals surface area contributed by atoms with E-state index in [0.717, 1.165) is 6.07 Å². The normalized spacial score (nSPS) is 11.6. The van der Waals surface area contributed by atoms with Crippen LogP contribution in [0.25, 0.3) is 0 Å². The molecule has 0 bridgehead atoms. The van der Waals surface area contributed by atoms with E-state index in [9.17, 15) is 8.78 Å². The minimum absolute atomic E-state index is 0.0159. The third-order valence-corrected chi connectivity index (χ3v) is 2.35. The molecule has 0 aliphatic carbocycles. The Hall–Kier alpha value is -1.36. The first-order valence-corrected chi connectivity index (χ1v) is 5.48. The number of rotatable bonds is 5. The molecule has 5 heteroatoms.